The second-order valence-corrected chi connectivity index (χ2v) is 8.20. The minimum absolute atomic E-state index is 0.121. The summed E-state index contributed by atoms with van der Waals surface area (Å²) in [6.45, 7) is 4.03. The zero-order valence-corrected chi connectivity index (χ0v) is 14.6. The summed E-state index contributed by atoms with van der Waals surface area (Å²) in [7, 11) is 0. The minimum atomic E-state index is -0.209. The van der Waals surface area contributed by atoms with Crippen molar-refractivity contribution < 1.29 is 9.59 Å². The van der Waals surface area contributed by atoms with Gasteiger partial charge in [-0.15, -0.1) is 6.58 Å². The van der Waals surface area contributed by atoms with E-state index < -0.39 is 0 Å². The van der Waals surface area contributed by atoms with E-state index in [9.17, 15) is 9.59 Å². The number of carbonyl (C=O) groups excluding carboxylic acids is 2. The maximum Gasteiger partial charge on any atom is 0.253 e. The molecule has 0 aliphatic heterocycles. The second-order valence-electron chi connectivity index (χ2n) is 8.20. The molecule has 0 aromatic heterocycles. The molecule has 4 heteroatoms. The monoisotopic (exact) mass is 338 g/mol. The molecule has 0 atom stereocenters. The highest BCUT2D eigenvalue weighted by Gasteiger charge is 2.54. The third-order valence-electron chi connectivity index (χ3n) is 6.35. The molecule has 4 fully saturated rings. The van der Waals surface area contributed by atoms with Gasteiger partial charge in [0.05, 0.1) is 16.7 Å². The Morgan fingerprint density at radius 3 is 2.28 bits per heavy atom. The molecule has 4 bridgehead atoms. The Balaban J connectivity index is 1.54. The minimum Gasteiger partial charge on any atom is -0.349 e. The zero-order valence-electron chi connectivity index (χ0n) is 14.6. The van der Waals surface area contributed by atoms with Crippen LogP contribution in [0.5, 0.6) is 0 Å². The van der Waals surface area contributed by atoms with Crippen LogP contribution in [0.25, 0.3) is 0 Å². The van der Waals surface area contributed by atoms with Crippen molar-refractivity contribution in [2.45, 2.75) is 38.5 Å². The van der Waals surface area contributed by atoms with E-state index in [-0.39, 0.29) is 17.2 Å². The molecule has 4 aliphatic carbocycles. The van der Waals surface area contributed by atoms with Gasteiger partial charge in [0, 0.05) is 6.54 Å². The number of carbonyl (C=O) groups is 2. The van der Waals surface area contributed by atoms with Gasteiger partial charge >= 0.3 is 0 Å². The number of nitrogens with one attached hydrogen (secondary N) is 2. The second kappa shape index (κ2) is 6.32. The van der Waals surface area contributed by atoms with E-state index in [4.69, 9.17) is 0 Å². The highest BCUT2D eigenvalue weighted by atomic mass is 16.2. The van der Waals surface area contributed by atoms with E-state index in [0.29, 0.717) is 17.8 Å². The summed E-state index contributed by atoms with van der Waals surface area (Å²) in [6.07, 6.45) is 8.66. The van der Waals surface area contributed by atoms with Crippen molar-refractivity contribution in [2.75, 3.05) is 11.9 Å². The fourth-order valence-electron chi connectivity index (χ4n) is 5.69. The molecule has 0 saturated heterocycles. The van der Waals surface area contributed by atoms with Crippen molar-refractivity contribution in [3.63, 3.8) is 0 Å². The lowest BCUT2D eigenvalue weighted by Crippen LogP contribution is -2.51. The van der Waals surface area contributed by atoms with E-state index in [0.717, 1.165) is 37.0 Å². The molecule has 0 radical (unpaired) electrons. The summed E-state index contributed by atoms with van der Waals surface area (Å²) >= 11 is 0. The third kappa shape index (κ3) is 2.99. The lowest BCUT2D eigenvalue weighted by molar-refractivity contribution is -0.140. The van der Waals surface area contributed by atoms with Crippen molar-refractivity contribution in [3.05, 3.63) is 42.5 Å². The van der Waals surface area contributed by atoms with Gasteiger partial charge in [-0.05, 0) is 68.4 Å². The van der Waals surface area contributed by atoms with Crippen molar-refractivity contribution in [3.8, 4) is 0 Å². The number of amides is 2. The summed E-state index contributed by atoms with van der Waals surface area (Å²) < 4.78 is 0. The van der Waals surface area contributed by atoms with Crippen LogP contribution in [0.3, 0.4) is 0 Å². The van der Waals surface area contributed by atoms with Crippen LogP contribution in [-0.2, 0) is 4.79 Å². The SMILES string of the molecule is C=CCNC(=O)c1ccccc1NC(=O)C12CC3CC(CC(C3)C1)C2. The van der Waals surface area contributed by atoms with Crippen molar-refractivity contribution in [1.29, 1.82) is 0 Å². The molecule has 0 spiro atoms. The molecule has 0 heterocycles. The van der Waals surface area contributed by atoms with Gasteiger partial charge in [-0.1, -0.05) is 18.2 Å². The van der Waals surface area contributed by atoms with Crippen molar-refractivity contribution in [1.82, 2.24) is 5.32 Å². The van der Waals surface area contributed by atoms with Gasteiger partial charge in [-0.25, -0.2) is 0 Å². The predicted molar refractivity (Wildman–Crippen MR) is 98.2 cm³/mol. The van der Waals surface area contributed by atoms with Gasteiger partial charge in [0.2, 0.25) is 5.91 Å². The smallest absolute Gasteiger partial charge is 0.253 e. The molecule has 1 aromatic rings. The number of hydrogen-bond acceptors (Lipinski definition) is 2. The Morgan fingerprint density at radius 1 is 1.08 bits per heavy atom. The van der Waals surface area contributed by atoms with E-state index in [2.05, 4.69) is 17.2 Å². The van der Waals surface area contributed by atoms with Gasteiger partial charge < -0.3 is 10.6 Å². The van der Waals surface area contributed by atoms with Crippen LogP contribution in [0.1, 0.15) is 48.9 Å². The van der Waals surface area contributed by atoms with Gasteiger partial charge in [0.1, 0.15) is 0 Å². The highest BCUT2D eigenvalue weighted by molar-refractivity contribution is 6.05. The third-order valence-corrected chi connectivity index (χ3v) is 6.35. The lowest BCUT2D eigenvalue weighted by atomic mass is 9.49. The van der Waals surface area contributed by atoms with Crippen molar-refractivity contribution in [2.24, 2.45) is 23.2 Å². The maximum absolute atomic E-state index is 13.2. The number of rotatable bonds is 5. The Hall–Kier alpha value is -2.10. The highest BCUT2D eigenvalue weighted by Crippen LogP contribution is 2.60. The van der Waals surface area contributed by atoms with Crippen LogP contribution in [-0.4, -0.2) is 18.4 Å². The number of hydrogen-bond donors (Lipinski definition) is 2. The summed E-state index contributed by atoms with van der Waals surface area (Å²) in [5.74, 6) is 2.12. The first-order chi connectivity index (χ1) is 12.1. The van der Waals surface area contributed by atoms with Gasteiger partial charge in [-0.3, -0.25) is 9.59 Å². The fraction of sp³-hybridized carbons (Fsp3) is 0.524. The summed E-state index contributed by atoms with van der Waals surface area (Å²) in [5.41, 5.74) is 0.923. The summed E-state index contributed by atoms with van der Waals surface area (Å²) in [5, 5.41) is 5.89. The van der Waals surface area contributed by atoms with Gasteiger partial charge in [0.25, 0.3) is 5.91 Å². The standard InChI is InChI=1S/C21H26N2O2/c1-2-7-22-19(24)17-5-3-4-6-18(17)23-20(25)21-11-14-8-15(12-21)10-16(9-14)13-21/h2-6,14-16H,1,7-13H2,(H,22,24)(H,23,25). The first-order valence-corrected chi connectivity index (χ1v) is 9.39. The van der Waals surface area contributed by atoms with E-state index in [1.54, 1.807) is 12.1 Å². The van der Waals surface area contributed by atoms with Gasteiger partial charge in [0.15, 0.2) is 0 Å². The quantitative estimate of drug-likeness (QED) is 0.803. The average Bonchev–Trinajstić information content (AvgIpc) is 2.59. The van der Waals surface area contributed by atoms with Gasteiger partial charge in [-0.2, -0.15) is 0 Å². The van der Waals surface area contributed by atoms with Crippen LogP contribution in [0.4, 0.5) is 5.69 Å². The van der Waals surface area contributed by atoms with Crippen LogP contribution in [0.15, 0.2) is 36.9 Å². The number of anilines is 1. The molecule has 132 valence electrons. The molecule has 4 nitrogen and oxygen atoms in total. The topological polar surface area (TPSA) is 58.2 Å². The van der Waals surface area contributed by atoms with Crippen LogP contribution in [0.2, 0.25) is 0 Å². The average molecular weight is 338 g/mol. The number of para-hydroxylation sites is 1. The molecular weight excluding hydrogens is 312 g/mol. The molecule has 4 saturated carbocycles. The van der Waals surface area contributed by atoms with Crippen molar-refractivity contribution >= 4 is 17.5 Å². The predicted octanol–water partition coefficient (Wildman–Crippen LogP) is 3.76. The van der Waals surface area contributed by atoms with E-state index in [1.165, 1.54) is 19.3 Å². The molecule has 2 amide bonds. The molecular formula is C21H26N2O2. The van der Waals surface area contributed by atoms with Crippen LogP contribution < -0.4 is 10.6 Å². The van der Waals surface area contributed by atoms with Crippen LogP contribution in [0, 0.1) is 23.2 Å². The summed E-state index contributed by atoms with van der Waals surface area (Å²) in [4.78, 5) is 25.5. The number of benzene rings is 1. The molecule has 5 rings (SSSR count). The van der Waals surface area contributed by atoms with E-state index in [1.807, 2.05) is 18.2 Å². The maximum atomic E-state index is 13.2. The molecule has 0 unspecified atom stereocenters. The molecule has 4 aliphatic rings. The molecule has 2 N–H and O–H groups in total. The van der Waals surface area contributed by atoms with E-state index >= 15 is 0 Å². The van der Waals surface area contributed by atoms with Crippen LogP contribution >= 0.6 is 0 Å². The molecule has 1 aromatic carbocycles. The first kappa shape index (κ1) is 16.4. The summed E-state index contributed by atoms with van der Waals surface area (Å²) in [6, 6.07) is 7.26. The zero-order chi connectivity index (χ0) is 17.4. The Bertz CT molecular complexity index is 674. The Kier molecular flexibility index (Phi) is 4.14. The lowest BCUT2D eigenvalue weighted by Gasteiger charge is -2.55. The molecule has 25 heavy (non-hydrogen) atoms. The first-order valence-electron chi connectivity index (χ1n) is 9.39. The Morgan fingerprint density at radius 2 is 1.68 bits per heavy atom. The Labute approximate surface area is 149 Å². The largest absolute Gasteiger partial charge is 0.349 e. The fourth-order valence-corrected chi connectivity index (χ4v) is 5.69. The normalized spacial score (nSPS) is 32.2.